The molecule has 0 saturated carbocycles. The van der Waals surface area contributed by atoms with Gasteiger partial charge in [-0.05, 0) is 35.4 Å². The molecule has 3 aromatic rings. The second-order valence-corrected chi connectivity index (χ2v) is 7.40. The Morgan fingerprint density at radius 3 is 2.13 bits per heavy atom. The van der Waals surface area contributed by atoms with Crippen LogP contribution in [0.5, 0.6) is 0 Å². The van der Waals surface area contributed by atoms with Gasteiger partial charge < -0.3 is 4.74 Å². The fraction of sp³-hybridized carbons (Fsp3) is 0.125. The van der Waals surface area contributed by atoms with Crippen molar-refractivity contribution >= 4 is 35.3 Å². The van der Waals surface area contributed by atoms with E-state index in [0.717, 1.165) is 5.56 Å². The van der Waals surface area contributed by atoms with Gasteiger partial charge in [-0.1, -0.05) is 72.3 Å². The molecule has 0 aliphatic carbocycles. The first-order valence-electron chi connectivity index (χ1n) is 9.74. The molecule has 4 amide bonds. The highest BCUT2D eigenvalue weighted by Crippen LogP contribution is 2.36. The number of nitrogens with zero attached hydrogens (tertiary/aromatic N) is 2. The third-order valence-corrected chi connectivity index (χ3v) is 5.22. The topological polar surface area (TPSA) is 66.9 Å². The number of para-hydroxylation sites is 1. The van der Waals surface area contributed by atoms with E-state index in [1.807, 2.05) is 30.3 Å². The lowest BCUT2D eigenvalue weighted by Gasteiger charge is -2.22. The van der Waals surface area contributed by atoms with Gasteiger partial charge in [-0.2, -0.15) is 4.90 Å². The van der Waals surface area contributed by atoms with Gasteiger partial charge in [0, 0.05) is 17.1 Å². The smallest absolute Gasteiger partial charge is 0.425 e. The molecule has 0 bridgehead atoms. The SMILES string of the molecule is O=C(OCCc1ccccc1)N1C(=O)C(c2ccc(Cl)cc2)N(c2ccccc2)C1=O. The molecule has 3 aromatic carbocycles. The summed E-state index contributed by atoms with van der Waals surface area (Å²) in [6, 6.07) is 23.1. The van der Waals surface area contributed by atoms with Crippen LogP contribution in [0, 0.1) is 0 Å². The Labute approximate surface area is 184 Å². The van der Waals surface area contributed by atoms with Crippen LogP contribution >= 0.6 is 11.6 Å². The number of hydrogen-bond donors (Lipinski definition) is 0. The van der Waals surface area contributed by atoms with E-state index in [1.165, 1.54) is 4.90 Å². The highest BCUT2D eigenvalue weighted by Gasteiger charge is 2.50. The minimum Gasteiger partial charge on any atom is -0.448 e. The van der Waals surface area contributed by atoms with Crippen LogP contribution in [0.4, 0.5) is 15.3 Å². The van der Waals surface area contributed by atoms with Gasteiger partial charge in [-0.15, -0.1) is 0 Å². The number of amides is 4. The van der Waals surface area contributed by atoms with Crippen molar-refractivity contribution in [1.29, 1.82) is 0 Å². The summed E-state index contributed by atoms with van der Waals surface area (Å²) in [4.78, 5) is 40.9. The van der Waals surface area contributed by atoms with E-state index in [4.69, 9.17) is 16.3 Å². The van der Waals surface area contributed by atoms with E-state index in [0.29, 0.717) is 27.6 Å². The summed E-state index contributed by atoms with van der Waals surface area (Å²) >= 11 is 5.97. The molecule has 1 heterocycles. The number of ether oxygens (including phenoxy) is 1. The molecule has 31 heavy (non-hydrogen) atoms. The molecule has 1 aliphatic rings. The predicted octanol–water partition coefficient (Wildman–Crippen LogP) is 5.23. The van der Waals surface area contributed by atoms with Crippen molar-refractivity contribution < 1.29 is 19.1 Å². The van der Waals surface area contributed by atoms with Crippen molar-refractivity contribution in [2.75, 3.05) is 11.5 Å². The summed E-state index contributed by atoms with van der Waals surface area (Å²) in [5.41, 5.74) is 2.03. The van der Waals surface area contributed by atoms with Crippen LogP contribution in [0.15, 0.2) is 84.9 Å². The first-order chi connectivity index (χ1) is 15.1. The van der Waals surface area contributed by atoms with Gasteiger partial charge in [-0.3, -0.25) is 9.69 Å². The molecule has 1 aliphatic heterocycles. The zero-order valence-electron chi connectivity index (χ0n) is 16.5. The maximum absolute atomic E-state index is 13.2. The summed E-state index contributed by atoms with van der Waals surface area (Å²) in [7, 11) is 0. The number of carbonyl (C=O) groups is 3. The van der Waals surface area contributed by atoms with Crippen LogP contribution in [0.1, 0.15) is 17.2 Å². The Morgan fingerprint density at radius 2 is 1.48 bits per heavy atom. The Kier molecular flexibility index (Phi) is 6.00. The van der Waals surface area contributed by atoms with Gasteiger partial charge >= 0.3 is 12.1 Å². The van der Waals surface area contributed by atoms with Gasteiger partial charge in [0.1, 0.15) is 6.04 Å². The van der Waals surface area contributed by atoms with Gasteiger partial charge in [0.05, 0.1) is 6.61 Å². The highest BCUT2D eigenvalue weighted by atomic mass is 35.5. The molecule has 1 unspecified atom stereocenters. The van der Waals surface area contributed by atoms with Crippen molar-refractivity contribution in [2.24, 2.45) is 0 Å². The maximum Gasteiger partial charge on any atom is 0.425 e. The fourth-order valence-corrected chi connectivity index (χ4v) is 3.59. The summed E-state index contributed by atoms with van der Waals surface area (Å²) < 4.78 is 5.26. The molecule has 4 rings (SSSR count). The molecule has 7 heteroatoms. The second-order valence-electron chi connectivity index (χ2n) is 6.97. The molecule has 156 valence electrons. The Hall–Kier alpha value is -3.64. The molecule has 0 N–H and O–H groups in total. The average Bonchev–Trinajstić information content (AvgIpc) is 3.05. The van der Waals surface area contributed by atoms with Gasteiger partial charge in [0.15, 0.2) is 0 Å². The largest absolute Gasteiger partial charge is 0.448 e. The molecule has 1 fully saturated rings. The third kappa shape index (κ3) is 4.29. The van der Waals surface area contributed by atoms with Gasteiger partial charge in [0.2, 0.25) is 0 Å². The average molecular weight is 435 g/mol. The Morgan fingerprint density at radius 1 is 0.871 bits per heavy atom. The number of urea groups is 1. The number of rotatable bonds is 5. The number of carbonyl (C=O) groups excluding carboxylic acids is 3. The zero-order valence-corrected chi connectivity index (χ0v) is 17.2. The van der Waals surface area contributed by atoms with Crippen molar-refractivity contribution in [3.05, 3.63) is 101 Å². The quantitative estimate of drug-likeness (QED) is 0.516. The molecule has 0 spiro atoms. The van der Waals surface area contributed by atoms with Crippen molar-refractivity contribution in [3.63, 3.8) is 0 Å². The molecular weight excluding hydrogens is 416 g/mol. The third-order valence-electron chi connectivity index (χ3n) is 4.97. The van der Waals surface area contributed by atoms with Crippen molar-refractivity contribution in [1.82, 2.24) is 4.90 Å². The predicted molar refractivity (Wildman–Crippen MR) is 117 cm³/mol. The van der Waals surface area contributed by atoms with Crippen LogP contribution < -0.4 is 4.90 Å². The first kappa shape index (κ1) is 20.6. The zero-order chi connectivity index (χ0) is 21.8. The van der Waals surface area contributed by atoms with E-state index in [-0.39, 0.29) is 6.61 Å². The van der Waals surface area contributed by atoms with E-state index < -0.39 is 24.1 Å². The lowest BCUT2D eigenvalue weighted by Crippen LogP contribution is -2.38. The molecule has 0 aromatic heterocycles. The van der Waals surface area contributed by atoms with Gasteiger partial charge in [-0.25, -0.2) is 9.59 Å². The van der Waals surface area contributed by atoms with E-state index in [1.54, 1.807) is 54.6 Å². The number of imide groups is 3. The van der Waals surface area contributed by atoms with Gasteiger partial charge in [0.25, 0.3) is 5.91 Å². The van der Waals surface area contributed by atoms with Crippen LogP contribution in [-0.4, -0.2) is 29.5 Å². The Balaban J connectivity index is 1.58. The highest BCUT2D eigenvalue weighted by molar-refractivity contribution is 6.30. The minimum absolute atomic E-state index is 0.0524. The lowest BCUT2D eigenvalue weighted by atomic mass is 10.1. The van der Waals surface area contributed by atoms with E-state index in [2.05, 4.69) is 0 Å². The normalized spacial score (nSPS) is 16.0. The maximum atomic E-state index is 13.2. The van der Waals surface area contributed by atoms with Crippen LogP contribution in [-0.2, 0) is 16.0 Å². The van der Waals surface area contributed by atoms with Crippen molar-refractivity contribution in [2.45, 2.75) is 12.5 Å². The van der Waals surface area contributed by atoms with Crippen LogP contribution in [0.2, 0.25) is 5.02 Å². The summed E-state index contributed by atoms with van der Waals surface area (Å²) in [6.07, 6.45) is -0.505. The number of benzene rings is 3. The Bertz CT molecular complexity index is 1090. The summed E-state index contributed by atoms with van der Waals surface area (Å²) in [5.74, 6) is -0.666. The standard InChI is InChI=1S/C24H19ClN2O4/c25-19-13-11-18(12-14-19)21-22(28)27(23(29)26(21)20-9-5-2-6-10-20)24(30)31-16-15-17-7-3-1-4-8-17/h1-14,21H,15-16H2. The second kappa shape index (κ2) is 9.02. The molecule has 6 nitrogen and oxygen atoms in total. The molecular formula is C24H19ClN2O4. The number of anilines is 1. The summed E-state index contributed by atoms with van der Waals surface area (Å²) in [5, 5.41) is 0.504. The monoisotopic (exact) mass is 434 g/mol. The van der Waals surface area contributed by atoms with E-state index >= 15 is 0 Å². The number of hydrogen-bond acceptors (Lipinski definition) is 4. The molecule has 0 radical (unpaired) electrons. The van der Waals surface area contributed by atoms with E-state index in [9.17, 15) is 14.4 Å². The summed E-state index contributed by atoms with van der Waals surface area (Å²) in [6.45, 7) is 0.0524. The molecule has 1 saturated heterocycles. The van der Waals surface area contributed by atoms with Crippen molar-refractivity contribution in [3.8, 4) is 0 Å². The minimum atomic E-state index is -0.992. The van der Waals surface area contributed by atoms with Crippen LogP contribution in [0.25, 0.3) is 0 Å². The van der Waals surface area contributed by atoms with Crippen LogP contribution in [0.3, 0.4) is 0 Å². The molecule has 1 atom stereocenters. The first-order valence-corrected chi connectivity index (χ1v) is 10.1. The fourth-order valence-electron chi connectivity index (χ4n) is 3.46. The number of halogens is 1. The lowest BCUT2D eigenvalue weighted by molar-refractivity contribution is -0.126.